The lowest BCUT2D eigenvalue weighted by Gasteiger charge is -2.46. The van der Waals surface area contributed by atoms with Crippen LogP contribution in [0.15, 0.2) is 90.1 Å². The first-order valence-corrected chi connectivity index (χ1v) is 14.4. The Morgan fingerprint density at radius 2 is 1.95 bits per heavy atom. The highest BCUT2D eigenvalue weighted by Gasteiger charge is 2.41. The maximum absolute atomic E-state index is 16.3. The topological polar surface area (TPSA) is 48.6 Å². The average molecular weight is 532 g/mol. The minimum atomic E-state index is -1.35. The number of nitrogens with zero attached hydrogens (tertiary/aromatic N) is 4. The first kappa shape index (κ1) is 28.9. The summed E-state index contributed by atoms with van der Waals surface area (Å²) >= 11 is 0. The van der Waals surface area contributed by atoms with E-state index < -0.39 is 5.67 Å². The number of nitrogens with two attached hydrogens (primary N) is 1. The SMILES string of the molecule is C=C/C=C(\C=C(/C)N)CN1CCC(F)(C(=C)N2CCC(N(C3=C(C)CCC=C3)c3ncccc3C)CC2)CC1. The van der Waals surface area contributed by atoms with E-state index in [2.05, 4.69) is 59.9 Å². The fourth-order valence-corrected chi connectivity index (χ4v) is 6.14. The van der Waals surface area contributed by atoms with Crippen LogP contribution in [0.5, 0.6) is 0 Å². The number of halogens is 1. The zero-order valence-electron chi connectivity index (χ0n) is 24.1. The van der Waals surface area contributed by atoms with Crippen molar-refractivity contribution in [2.45, 2.75) is 71.0 Å². The second kappa shape index (κ2) is 12.8. The molecule has 0 bridgehead atoms. The molecule has 4 rings (SSSR count). The second-order valence-electron chi connectivity index (χ2n) is 11.4. The molecule has 3 heterocycles. The van der Waals surface area contributed by atoms with Crippen molar-refractivity contribution in [3.63, 3.8) is 0 Å². The van der Waals surface area contributed by atoms with Gasteiger partial charge in [0.2, 0.25) is 0 Å². The summed E-state index contributed by atoms with van der Waals surface area (Å²) in [5, 5.41) is 0. The molecule has 2 aliphatic heterocycles. The number of anilines is 1. The van der Waals surface area contributed by atoms with Gasteiger partial charge in [-0.3, -0.25) is 4.90 Å². The Labute approximate surface area is 234 Å². The number of aryl methyl sites for hydroxylation is 1. The minimum absolute atomic E-state index is 0.321. The van der Waals surface area contributed by atoms with Gasteiger partial charge in [-0.25, -0.2) is 9.37 Å². The van der Waals surface area contributed by atoms with Gasteiger partial charge in [0.15, 0.2) is 5.67 Å². The van der Waals surface area contributed by atoms with E-state index in [1.54, 1.807) is 6.08 Å². The summed E-state index contributed by atoms with van der Waals surface area (Å²) in [6.07, 6.45) is 17.2. The van der Waals surface area contributed by atoms with Crippen molar-refractivity contribution in [2.75, 3.05) is 37.6 Å². The molecule has 1 aliphatic carbocycles. The molecule has 2 saturated heterocycles. The van der Waals surface area contributed by atoms with Crippen molar-refractivity contribution < 1.29 is 4.39 Å². The molecular formula is C33H46FN5. The Balaban J connectivity index is 1.40. The van der Waals surface area contributed by atoms with E-state index in [9.17, 15) is 0 Å². The fourth-order valence-electron chi connectivity index (χ4n) is 6.14. The van der Waals surface area contributed by atoms with Gasteiger partial charge in [0.25, 0.3) is 0 Å². The van der Waals surface area contributed by atoms with Crippen LogP contribution in [0.1, 0.15) is 57.9 Å². The zero-order valence-corrected chi connectivity index (χ0v) is 24.1. The molecule has 1 aromatic rings. The van der Waals surface area contributed by atoms with Crippen molar-refractivity contribution in [3.8, 4) is 0 Å². The number of likely N-dealkylation sites (tertiary alicyclic amines) is 2. The number of aromatic nitrogens is 1. The smallest absolute Gasteiger partial charge is 0.152 e. The van der Waals surface area contributed by atoms with Gasteiger partial charge < -0.3 is 15.5 Å². The standard InChI is InChI=1S/C33H46FN5/c1-6-10-29(23-27(4)35)24-37-21-16-33(34,17-22-37)28(5)38-19-14-30(15-20-38)39(31-13-8-7-11-25(31)2)32-26(3)12-9-18-36-32/h6,8-10,12-13,18,23,30H,1,5,7,11,14-17,19-22,24,35H2,2-4H3/b27-23+,29-10+. The lowest BCUT2D eigenvalue weighted by Crippen LogP contribution is -2.50. The number of hydrogen-bond acceptors (Lipinski definition) is 5. The van der Waals surface area contributed by atoms with E-state index in [0.717, 1.165) is 62.4 Å². The van der Waals surface area contributed by atoms with Crippen LogP contribution < -0.4 is 10.6 Å². The summed E-state index contributed by atoms with van der Waals surface area (Å²) < 4.78 is 16.3. The quantitative estimate of drug-likeness (QED) is 0.365. The van der Waals surface area contributed by atoms with E-state index >= 15 is 4.39 Å². The number of piperidine rings is 2. The Morgan fingerprint density at radius 1 is 1.23 bits per heavy atom. The summed E-state index contributed by atoms with van der Waals surface area (Å²) in [5.41, 5.74) is 10.9. The molecule has 2 N–H and O–H groups in total. The van der Waals surface area contributed by atoms with Gasteiger partial charge in [0.05, 0.1) is 0 Å². The number of rotatable bonds is 9. The molecule has 2 fully saturated rings. The molecule has 0 unspecified atom stereocenters. The Morgan fingerprint density at radius 3 is 2.56 bits per heavy atom. The van der Waals surface area contributed by atoms with E-state index in [4.69, 9.17) is 10.7 Å². The van der Waals surface area contributed by atoms with Crippen LogP contribution in [0.25, 0.3) is 0 Å². The van der Waals surface area contributed by atoms with Crippen molar-refractivity contribution in [3.05, 3.63) is 95.7 Å². The summed E-state index contributed by atoms with van der Waals surface area (Å²) in [6, 6.07) is 4.46. The maximum Gasteiger partial charge on any atom is 0.152 e. The van der Waals surface area contributed by atoms with Gasteiger partial charge in [-0.15, -0.1) is 0 Å². The molecule has 210 valence electrons. The van der Waals surface area contributed by atoms with Gasteiger partial charge in [-0.05, 0) is 94.2 Å². The molecule has 0 saturated carbocycles. The van der Waals surface area contributed by atoms with Crippen molar-refractivity contribution in [2.24, 2.45) is 5.73 Å². The molecular weight excluding hydrogens is 485 g/mol. The molecule has 0 atom stereocenters. The fraction of sp³-hybridized carbons (Fsp3) is 0.485. The Bertz CT molecular complexity index is 1160. The third-order valence-corrected chi connectivity index (χ3v) is 8.40. The summed E-state index contributed by atoms with van der Waals surface area (Å²) in [4.78, 5) is 11.8. The highest BCUT2D eigenvalue weighted by atomic mass is 19.1. The van der Waals surface area contributed by atoms with E-state index in [-0.39, 0.29) is 0 Å². The molecule has 0 spiro atoms. The molecule has 1 aromatic heterocycles. The predicted molar refractivity (Wildman–Crippen MR) is 162 cm³/mol. The predicted octanol–water partition coefficient (Wildman–Crippen LogP) is 6.58. The van der Waals surface area contributed by atoms with Gasteiger partial charge >= 0.3 is 0 Å². The lowest BCUT2D eigenvalue weighted by molar-refractivity contribution is 0.0607. The van der Waals surface area contributed by atoms with Crippen LogP contribution in [0.4, 0.5) is 10.2 Å². The van der Waals surface area contributed by atoms with Crippen LogP contribution in [0.2, 0.25) is 0 Å². The maximum atomic E-state index is 16.3. The van der Waals surface area contributed by atoms with Gasteiger partial charge in [-0.2, -0.15) is 0 Å². The third-order valence-electron chi connectivity index (χ3n) is 8.40. The van der Waals surface area contributed by atoms with Gasteiger partial charge in [0, 0.05) is 62.1 Å². The number of hydrogen-bond donors (Lipinski definition) is 1. The second-order valence-corrected chi connectivity index (χ2v) is 11.4. The van der Waals surface area contributed by atoms with Crippen molar-refractivity contribution in [1.82, 2.24) is 14.8 Å². The van der Waals surface area contributed by atoms with Gasteiger partial charge in [0.1, 0.15) is 5.82 Å². The Kier molecular flexibility index (Phi) is 9.49. The third kappa shape index (κ3) is 6.91. The van der Waals surface area contributed by atoms with Crippen LogP contribution >= 0.6 is 0 Å². The van der Waals surface area contributed by atoms with Crippen molar-refractivity contribution >= 4 is 5.82 Å². The van der Waals surface area contributed by atoms with Gasteiger partial charge in [-0.1, -0.05) is 37.5 Å². The number of pyridine rings is 1. The number of allylic oxidation sites excluding steroid dienone is 7. The largest absolute Gasteiger partial charge is 0.402 e. The molecule has 6 heteroatoms. The molecule has 0 radical (unpaired) electrons. The van der Waals surface area contributed by atoms with E-state index in [1.165, 1.54) is 16.8 Å². The molecule has 0 amide bonds. The van der Waals surface area contributed by atoms with Crippen LogP contribution in [0, 0.1) is 6.92 Å². The summed E-state index contributed by atoms with van der Waals surface area (Å²) in [7, 11) is 0. The highest BCUT2D eigenvalue weighted by Crippen LogP contribution is 2.38. The molecule has 39 heavy (non-hydrogen) atoms. The Hall–Kier alpha value is -3.12. The molecule has 3 aliphatic rings. The first-order chi connectivity index (χ1) is 18.7. The van der Waals surface area contributed by atoms with E-state index in [1.807, 2.05) is 31.3 Å². The number of alkyl halides is 1. The van der Waals surface area contributed by atoms with Crippen LogP contribution in [-0.4, -0.2) is 59.2 Å². The van der Waals surface area contributed by atoms with E-state index in [0.29, 0.717) is 37.7 Å². The summed E-state index contributed by atoms with van der Waals surface area (Å²) in [6.45, 7) is 18.1. The first-order valence-electron chi connectivity index (χ1n) is 14.4. The minimum Gasteiger partial charge on any atom is -0.402 e. The molecule has 5 nitrogen and oxygen atoms in total. The molecule has 0 aromatic carbocycles. The lowest BCUT2D eigenvalue weighted by atomic mass is 9.88. The monoisotopic (exact) mass is 531 g/mol. The summed E-state index contributed by atoms with van der Waals surface area (Å²) in [5.74, 6) is 1.04. The normalized spacial score (nSPS) is 21.3. The van der Waals surface area contributed by atoms with Crippen molar-refractivity contribution in [1.29, 1.82) is 0 Å². The van der Waals surface area contributed by atoms with Crippen LogP contribution in [0.3, 0.4) is 0 Å². The zero-order chi connectivity index (χ0) is 28.0. The highest BCUT2D eigenvalue weighted by molar-refractivity contribution is 5.57. The average Bonchev–Trinajstić information content (AvgIpc) is 2.92. The van der Waals surface area contributed by atoms with Crippen LogP contribution in [-0.2, 0) is 0 Å².